The molecule has 0 aliphatic carbocycles. The molecule has 0 fully saturated rings. The highest BCUT2D eigenvalue weighted by molar-refractivity contribution is 5.69. The molecule has 0 amide bonds. The zero-order valence-corrected chi connectivity index (χ0v) is 42.2. The van der Waals surface area contributed by atoms with E-state index in [4.69, 9.17) is 9.47 Å². The lowest BCUT2D eigenvalue weighted by molar-refractivity contribution is -0.144. The van der Waals surface area contributed by atoms with E-state index in [1.807, 2.05) is 25.0 Å². The molecule has 0 bridgehead atoms. The second-order valence-electron chi connectivity index (χ2n) is 16.6. The number of halogens is 2. The van der Waals surface area contributed by atoms with E-state index in [9.17, 15) is 9.59 Å². The minimum atomic E-state index is -0.0245. The standard InChI is InChI=1S/C25H46N2O2.C25H44N2O2.2BrH/c2*1-3-5-7-14-17-24(27-21-20-26-23-27)18-15-12-10-8-9-11-13-16-19-25(28)29-22-6-4-2;;/h20-21,23-24H,3-19,22H2,1-2H3;12,15,20-21,23-24H,3-11,13-14,16-19,22H2,1-2H3;2*1H/p-2/b;15-12-;;/t2*24-;;/m00../s1. The van der Waals surface area contributed by atoms with Gasteiger partial charge < -0.3 is 52.6 Å². The Morgan fingerprint density at radius 1 is 0.483 bits per heavy atom. The molecule has 10 heteroatoms. The Morgan fingerprint density at radius 2 is 0.867 bits per heavy atom. The van der Waals surface area contributed by atoms with E-state index in [1.165, 1.54) is 128 Å². The van der Waals surface area contributed by atoms with Crippen molar-refractivity contribution in [1.82, 2.24) is 19.1 Å². The fraction of sp³-hybridized carbons (Fsp3) is 0.800. The molecule has 2 atom stereocenters. The lowest BCUT2D eigenvalue weighted by Gasteiger charge is -2.18. The Labute approximate surface area is 390 Å². The number of rotatable bonds is 39. The molecule has 0 aliphatic heterocycles. The van der Waals surface area contributed by atoms with Crippen molar-refractivity contribution in [3.05, 3.63) is 49.6 Å². The van der Waals surface area contributed by atoms with Gasteiger partial charge >= 0.3 is 11.9 Å². The summed E-state index contributed by atoms with van der Waals surface area (Å²) in [5.41, 5.74) is 0. The van der Waals surface area contributed by atoms with Gasteiger partial charge in [0, 0.05) is 49.7 Å². The fourth-order valence-electron chi connectivity index (χ4n) is 7.36. The number of carbonyl (C=O) groups is 2. The topological polar surface area (TPSA) is 88.2 Å². The van der Waals surface area contributed by atoms with Crippen molar-refractivity contribution < 1.29 is 53.0 Å². The number of allylic oxidation sites excluding steroid dienone is 2. The first-order chi connectivity index (χ1) is 28.5. The van der Waals surface area contributed by atoms with Crippen molar-refractivity contribution in [2.45, 2.75) is 245 Å². The Kier molecular flexibility index (Phi) is 46.7. The van der Waals surface area contributed by atoms with E-state index in [0.717, 1.165) is 64.2 Å². The highest BCUT2D eigenvalue weighted by atomic mass is 79.9. The van der Waals surface area contributed by atoms with Crippen LogP contribution >= 0.6 is 0 Å². The number of hydrogen-bond donors (Lipinski definition) is 0. The fourth-order valence-corrected chi connectivity index (χ4v) is 7.36. The van der Waals surface area contributed by atoms with Crippen LogP contribution in [0.25, 0.3) is 0 Å². The van der Waals surface area contributed by atoms with Gasteiger partial charge in [-0.15, -0.1) is 0 Å². The number of hydrogen-bond acceptors (Lipinski definition) is 6. The van der Waals surface area contributed by atoms with Gasteiger partial charge in [-0.3, -0.25) is 9.59 Å². The summed E-state index contributed by atoms with van der Waals surface area (Å²) in [4.78, 5) is 31.5. The van der Waals surface area contributed by atoms with Gasteiger partial charge in [0.25, 0.3) is 0 Å². The Morgan fingerprint density at radius 3 is 1.30 bits per heavy atom. The Bertz CT molecular complexity index is 1180. The predicted molar refractivity (Wildman–Crippen MR) is 244 cm³/mol. The number of esters is 2. The van der Waals surface area contributed by atoms with Gasteiger partial charge in [-0.25, -0.2) is 9.97 Å². The van der Waals surface area contributed by atoms with E-state index >= 15 is 0 Å². The summed E-state index contributed by atoms with van der Waals surface area (Å²) in [5.74, 6) is -0.0379. The normalized spacial score (nSPS) is 11.9. The van der Waals surface area contributed by atoms with Gasteiger partial charge in [-0.05, 0) is 64.2 Å². The summed E-state index contributed by atoms with van der Waals surface area (Å²) in [5, 5.41) is 0. The third kappa shape index (κ3) is 36.7. The van der Waals surface area contributed by atoms with Crippen LogP contribution in [-0.4, -0.2) is 44.3 Å². The zero-order valence-electron chi connectivity index (χ0n) is 39.0. The molecule has 350 valence electrons. The van der Waals surface area contributed by atoms with Crippen LogP contribution in [-0.2, 0) is 19.1 Å². The highest BCUT2D eigenvalue weighted by Gasteiger charge is 2.11. The average Bonchev–Trinajstić information content (AvgIpc) is 3.98. The van der Waals surface area contributed by atoms with Gasteiger partial charge in [0.2, 0.25) is 0 Å². The van der Waals surface area contributed by atoms with Crippen LogP contribution < -0.4 is 34.0 Å². The Balaban J connectivity index is 0. The SMILES string of the molecule is CCCCCC[C@@H](C/C=C\CCCCCCCC(=O)OCCCC)n1ccnc1.CCCCCC[C@@H](CCCCCCCCCCC(=O)OCCCC)n1ccnc1.[Br-].[Br-]. The van der Waals surface area contributed by atoms with Crippen molar-refractivity contribution in [3.8, 4) is 0 Å². The molecule has 60 heavy (non-hydrogen) atoms. The molecule has 2 heterocycles. The first-order valence-corrected chi connectivity index (χ1v) is 24.5. The predicted octanol–water partition coefficient (Wildman–Crippen LogP) is 9.06. The first kappa shape index (κ1) is 60.1. The van der Waals surface area contributed by atoms with Crippen LogP contribution in [0, 0.1) is 0 Å². The summed E-state index contributed by atoms with van der Waals surface area (Å²) < 4.78 is 15.0. The molecule has 0 saturated heterocycles. The number of imidazole rings is 2. The number of aromatic nitrogens is 4. The monoisotopic (exact) mass is 969 g/mol. The van der Waals surface area contributed by atoms with Gasteiger partial charge in [-0.1, -0.05) is 168 Å². The smallest absolute Gasteiger partial charge is 0.305 e. The van der Waals surface area contributed by atoms with Crippen LogP contribution in [0.1, 0.15) is 245 Å². The maximum absolute atomic E-state index is 11.5. The molecule has 2 aromatic heterocycles. The van der Waals surface area contributed by atoms with Crippen LogP contribution in [0.3, 0.4) is 0 Å². The summed E-state index contributed by atoms with van der Waals surface area (Å²) in [7, 11) is 0. The summed E-state index contributed by atoms with van der Waals surface area (Å²) in [6, 6.07) is 1.18. The minimum Gasteiger partial charge on any atom is -1.00 e. The number of nitrogens with zero attached hydrogens (tertiary/aromatic N) is 4. The largest absolute Gasteiger partial charge is 1.00 e. The van der Waals surface area contributed by atoms with Gasteiger partial charge in [-0.2, -0.15) is 0 Å². The van der Waals surface area contributed by atoms with Gasteiger partial charge in [0.15, 0.2) is 0 Å². The van der Waals surface area contributed by atoms with E-state index in [2.05, 4.69) is 71.3 Å². The minimum absolute atomic E-state index is 0. The molecular formula is C50H90Br2N4O4-2. The van der Waals surface area contributed by atoms with E-state index < -0.39 is 0 Å². The second-order valence-corrected chi connectivity index (χ2v) is 16.6. The molecule has 0 N–H and O–H groups in total. The average molecular weight is 971 g/mol. The maximum atomic E-state index is 11.5. The van der Waals surface area contributed by atoms with E-state index in [1.54, 1.807) is 0 Å². The molecule has 2 rings (SSSR count). The van der Waals surface area contributed by atoms with E-state index in [0.29, 0.717) is 38.1 Å². The zero-order chi connectivity index (χ0) is 42.0. The van der Waals surface area contributed by atoms with Crippen LogP contribution in [0.15, 0.2) is 49.6 Å². The highest BCUT2D eigenvalue weighted by Crippen LogP contribution is 2.24. The Hall–Kier alpha value is -1.94. The maximum Gasteiger partial charge on any atom is 0.305 e. The molecular weight excluding hydrogens is 880 g/mol. The molecule has 0 spiro atoms. The summed E-state index contributed by atoms with van der Waals surface area (Å²) in [6.45, 7) is 9.93. The van der Waals surface area contributed by atoms with Crippen molar-refractivity contribution in [1.29, 1.82) is 0 Å². The van der Waals surface area contributed by atoms with Crippen molar-refractivity contribution in [2.75, 3.05) is 13.2 Å². The third-order valence-corrected chi connectivity index (χ3v) is 11.2. The van der Waals surface area contributed by atoms with Gasteiger partial charge in [0.05, 0.1) is 25.9 Å². The first-order valence-electron chi connectivity index (χ1n) is 24.5. The molecule has 2 aromatic rings. The molecule has 0 aromatic carbocycles. The number of carbonyl (C=O) groups excluding carboxylic acids is 2. The van der Waals surface area contributed by atoms with Crippen LogP contribution in [0.4, 0.5) is 0 Å². The third-order valence-electron chi connectivity index (χ3n) is 11.2. The lowest BCUT2D eigenvalue weighted by atomic mass is 10.00. The molecule has 0 aliphatic rings. The molecule has 0 radical (unpaired) electrons. The van der Waals surface area contributed by atoms with E-state index in [-0.39, 0.29) is 45.9 Å². The summed E-state index contributed by atoms with van der Waals surface area (Å²) in [6.07, 6.45) is 54.4. The van der Waals surface area contributed by atoms with Crippen molar-refractivity contribution >= 4 is 11.9 Å². The summed E-state index contributed by atoms with van der Waals surface area (Å²) >= 11 is 0. The molecule has 8 nitrogen and oxygen atoms in total. The van der Waals surface area contributed by atoms with Crippen molar-refractivity contribution in [3.63, 3.8) is 0 Å². The number of ether oxygens (including phenoxy) is 2. The van der Waals surface area contributed by atoms with Gasteiger partial charge in [0.1, 0.15) is 0 Å². The van der Waals surface area contributed by atoms with Crippen molar-refractivity contribution in [2.24, 2.45) is 0 Å². The van der Waals surface area contributed by atoms with Crippen LogP contribution in [0.2, 0.25) is 0 Å². The quantitative estimate of drug-likeness (QED) is 0.0378. The molecule has 0 unspecified atom stereocenters. The second kappa shape index (κ2) is 46.6. The number of unbranched alkanes of at least 4 members (excludes halogenated alkanes) is 20. The van der Waals surface area contributed by atoms with Crippen LogP contribution in [0.5, 0.6) is 0 Å². The lowest BCUT2D eigenvalue weighted by Crippen LogP contribution is -3.00. The molecule has 0 saturated carbocycles.